The Morgan fingerprint density at radius 1 is 1.27 bits per heavy atom. The summed E-state index contributed by atoms with van der Waals surface area (Å²) in [5.74, 6) is -0.315. The van der Waals surface area contributed by atoms with Gasteiger partial charge in [0.2, 0.25) is 0 Å². The van der Waals surface area contributed by atoms with Gasteiger partial charge in [-0.25, -0.2) is 23.7 Å². The fourth-order valence-corrected chi connectivity index (χ4v) is 3.70. The van der Waals surface area contributed by atoms with Crippen molar-refractivity contribution in [3.8, 4) is 5.95 Å². The number of halogens is 3. The third kappa shape index (κ3) is 4.91. The van der Waals surface area contributed by atoms with Gasteiger partial charge >= 0.3 is 0 Å². The molecule has 0 aliphatic rings. The van der Waals surface area contributed by atoms with Gasteiger partial charge in [0.05, 0.1) is 12.6 Å². The SMILES string of the molecule is CC(c1ncnn1-c1ncccn1)N(CC(F)F)C(=O)c1cc(Cl)cc([S+](C)[O-])c1. The Labute approximate surface area is 179 Å². The first kappa shape index (κ1) is 22.1. The maximum atomic E-state index is 13.3. The lowest BCUT2D eigenvalue weighted by Gasteiger charge is -2.28. The van der Waals surface area contributed by atoms with Crippen LogP contribution < -0.4 is 0 Å². The zero-order valence-corrected chi connectivity index (χ0v) is 17.5. The van der Waals surface area contributed by atoms with E-state index in [4.69, 9.17) is 11.6 Å². The standard InChI is InChI=1S/C18H17ClF2N6O2S/c1-11(16-24-10-25-27(16)18-22-4-3-5-23-18)26(9-15(20)21)17(28)12-6-13(19)8-14(7-12)30(2)29/h3-8,10-11,15H,9H2,1-2H3. The first-order valence-electron chi connectivity index (χ1n) is 8.68. The molecule has 3 aromatic rings. The van der Waals surface area contributed by atoms with E-state index in [2.05, 4.69) is 20.1 Å². The third-order valence-electron chi connectivity index (χ3n) is 4.20. The molecule has 3 rings (SSSR count). The van der Waals surface area contributed by atoms with Gasteiger partial charge in [-0.15, -0.1) is 0 Å². The number of aromatic nitrogens is 5. The minimum atomic E-state index is -2.79. The number of rotatable bonds is 7. The van der Waals surface area contributed by atoms with Crippen LogP contribution in [0.4, 0.5) is 8.78 Å². The molecule has 0 aliphatic carbocycles. The minimum Gasteiger partial charge on any atom is -0.612 e. The van der Waals surface area contributed by atoms with Crippen LogP contribution in [0.1, 0.15) is 29.1 Å². The van der Waals surface area contributed by atoms with Gasteiger partial charge in [-0.2, -0.15) is 9.78 Å². The van der Waals surface area contributed by atoms with Crippen LogP contribution in [0.25, 0.3) is 5.95 Å². The molecule has 2 atom stereocenters. The molecule has 12 heteroatoms. The van der Waals surface area contributed by atoms with Gasteiger partial charge in [-0.1, -0.05) is 11.6 Å². The highest BCUT2D eigenvalue weighted by atomic mass is 35.5. The highest BCUT2D eigenvalue weighted by molar-refractivity contribution is 7.90. The molecule has 8 nitrogen and oxygen atoms in total. The fraction of sp³-hybridized carbons (Fsp3) is 0.278. The topological polar surface area (TPSA) is 99.9 Å². The summed E-state index contributed by atoms with van der Waals surface area (Å²) in [6, 6.07) is 4.90. The van der Waals surface area contributed by atoms with E-state index in [-0.39, 0.29) is 22.4 Å². The van der Waals surface area contributed by atoms with Gasteiger partial charge < -0.3 is 9.45 Å². The van der Waals surface area contributed by atoms with Crippen molar-refractivity contribution >= 4 is 28.7 Å². The molecular formula is C18H17ClF2N6O2S. The number of hydrogen-bond donors (Lipinski definition) is 0. The van der Waals surface area contributed by atoms with Crippen LogP contribution in [0, 0.1) is 0 Å². The molecule has 1 amide bonds. The Morgan fingerprint density at radius 3 is 2.60 bits per heavy atom. The highest BCUT2D eigenvalue weighted by Crippen LogP contribution is 2.26. The van der Waals surface area contributed by atoms with E-state index in [0.717, 1.165) is 4.90 Å². The van der Waals surface area contributed by atoms with Crippen molar-refractivity contribution in [2.24, 2.45) is 0 Å². The van der Waals surface area contributed by atoms with Crippen molar-refractivity contribution in [2.45, 2.75) is 24.3 Å². The predicted molar refractivity (Wildman–Crippen MR) is 106 cm³/mol. The Balaban J connectivity index is 2.00. The first-order chi connectivity index (χ1) is 14.3. The van der Waals surface area contributed by atoms with Crippen molar-refractivity contribution < 1.29 is 18.1 Å². The maximum Gasteiger partial charge on any atom is 0.255 e. The van der Waals surface area contributed by atoms with Crippen LogP contribution in [-0.2, 0) is 11.2 Å². The summed E-state index contributed by atoms with van der Waals surface area (Å²) in [7, 11) is 0. The molecule has 0 saturated carbocycles. The van der Waals surface area contributed by atoms with Gasteiger partial charge in [0.15, 0.2) is 10.7 Å². The maximum absolute atomic E-state index is 13.3. The Bertz CT molecular complexity index is 1020. The van der Waals surface area contributed by atoms with E-state index in [0.29, 0.717) is 4.90 Å². The van der Waals surface area contributed by atoms with Crippen LogP contribution in [0.2, 0.25) is 5.02 Å². The Kier molecular flexibility index (Phi) is 6.95. The molecule has 0 fully saturated rings. The van der Waals surface area contributed by atoms with Crippen LogP contribution in [0.5, 0.6) is 0 Å². The minimum absolute atomic E-state index is 0.0437. The second kappa shape index (κ2) is 9.45. The monoisotopic (exact) mass is 454 g/mol. The average molecular weight is 455 g/mol. The fourth-order valence-electron chi connectivity index (χ4n) is 2.81. The summed E-state index contributed by atoms with van der Waals surface area (Å²) in [5, 5.41) is 4.22. The van der Waals surface area contributed by atoms with Gasteiger partial charge in [-0.3, -0.25) is 4.79 Å². The predicted octanol–water partition coefficient (Wildman–Crippen LogP) is 2.92. The van der Waals surface area contributed by atoms with E-state index < -0.39 is 36.1 Å². The summed E-state index contributed by atoms with van der Waals surface area (Å²) in [6.07, 6.45) is 2.87. The summed E-state index contributed by atoms with van der Waals surface area (Å²) in [6.45, 7) is 0.701. The third-order valence-corrected chi connectivity index (χ3v) is 5.32. The van der Waals surface area contributed by atoms with E-state index in [1.54, 1.807) is 13.0 Å². The molecule has 0 radical (unpaired) electrons. The van der Waals surface area contributed by atoms with Gasteiger partial charge in [0.25, 0.3) is 18.3 Å². The molecule has 1 aromatic carbocycles. The molecule has 0 bridgehead atoms. The molecule has 2 heterocycles. The number of carbonyl (C=O) groups excluding carboxylic acids is 1. The molecule has 2 unspecified atom stereocenters. The molecule has 158 valence electrons. The smallest absolute Gasteiger partial charge is 0.255 e. The van der Waals surface area contributed by atoms with E-state index in [1.165, 1.54) is 47.9 Å². The van der Waals surface area contributed by atoms with E-state index in [9.17, 15) is 18.1 Å². The first-order valence-corrected chi connectivity index (χ1v) is 10.6. The van der Waals surface area contributed by atoms with Crippen LogP contribution in [-0.4, -0.2) is 59.3 Å². The number of hydrogen-bond acceptors (Lipinski definition) is 6. The largest absolute Gasteiger partial charge is 0.612 e. The van der Waals surface area contributed by atoms with E-state index >= 15 is 0 Å². The molecule has 30 heavy (non-hydrogen) atoms. The van der Waals surface area contributed by atoms with Crippen molar-refractivity contribution in [3.63, 3.8) is 0 Å². The highest BCUT2D eigenvalue weighted by Gasteiger charge is 2.30. The quantitative estimate of drug-likeness (QED) is 0.509. The number of alkyl halides is 2. The lowest BCUT2D eigenvalue weighted by Crippen LogP contribution is -2.38. The van der Waals surface area contributed by atoms with E-state index in [1.807, 2.05) is 0 Å². The molecular weight excluding hydrogens is 438 g/mol. The molecule has 0 aliphatic heterocycles. The Morgan fingerprint density at radius 2 is 1.97 bits per heavy atom. The lowest BCUT2D eigenvalue weighted by atomic mass is 10.1. The zero-order chi connectivity index (χ0) is 21.8. The molecule has 0 saturated heterocycles. The number of carbonyl (C=O) groups is 1. The van der Waals surface area contributed by atoms with Crippen molar-refractivity contribution in [3.05, 3.63) is 59.4 Å². The van der Waals surface area contributed by atoms with Gasteiger partial charge in [0.1, 0.15) is 12.6 Å². The second-order valence-electron chi connectivity index (χ2n) is 6.23. The average Bonchev–Trinajstić information content (AvgIpc) is 3.21. The number of nitrogens with zero attached hydrogens (tertiary/aromatic N) is 6. The normalized spacial score (nSPS) is 13.3. The molecule has 0 spiro atoms. The van der Waals surface area contributed by atoms with Crippen LogP contribution in [0.3, 0.4) is 0 Å². The van der Waals surface area contributed by atoms with Gasteiger partial charge in [-0.05, 0) is 30.2 Å². The lowest BCUT2D eigenvalue weighted by molar-refractivity contribution is 0.0440. The number of benzene rings is 1. The summed E-state index contributed by atoms with van der Waals surface area (Å²) in [4.78, 5) is 26.7. The van der Waals surface area contributed by atoms with Crippen LogP contribution in [0.15, 0.2) is 47.9 Å². The van der Waals surface area contributed by atoms with Crippen molar-refractivity contribution in [2.75, 3.05) is 12.8 Å². The van der Waals surface area contributed by atoms with Crippen LogP contribution >= 0.6 is 11.6 Å². The number of amides is 1. The summed E-state index contributed by atoms with van der Waals surface area (Å²) in [5.41, 5.74) is 0.0437. The molecule has 0 N–H and O–H groups in total. The summed E-state index contributed by atoms with van der Waals surface area (Å²) >= 11 is 4.63. The Hall–Kier alpha value is -2.63. The summed E-state index contributed by atoms with van der Waals surface area (Å²) < 4.78 is 39.8. The van der Waals surface area contributed by atoms with Gasteiger partial charge in [0, 0.05) is 35.1 Å². The van der Waals surface area contributed by atoms with Crippen molar-refractivity contribution in [1.29, 1.82) is 0 Å². The van der Waals surface area contributed by atoms with Crippen molar-refractivity contribution in [1.82, 2.24) is 29.6 Å². The second-order valence-corrected chi connectivity index (χ2v) is 8.05. The zero-order valence-electron chi connectivity index (χ0n) is 15.9. The molecule has 2 aromatic heterocycles.